The molecule has 1 aliphatic rings. The highest BCUT2D eigenvalue weighted by Gasteiger charge is 2.20. The van der Waals surface area contributed by atoms with Gasteiger partial charge in [0.25, 0.3) is 5.69 Å². The number of benzene rings is 1. The van der Waals surface area contributed by atoms with Crippen LogP contribution in [0, 0.1) is 10.1 Å². The lowest BCUT2D eigenvalue weighted by Crippen LogP contribution is -2.36. The largest absolute Gasteiger partial charge is 0.394 e. The van der Waals surface area contributed by atoms with Crippen molar-refractivity contribution in [1.82, 2.24) is 4.90 Å². The molecule has 0 unspecified atom stereocenters. The fourth-order valence-electron chi connectivity index (χ4n) is 2.47. The van der Waals surface area contributed by atoms with Crippen LogP contribution in [0.2, 0.25) is 5.02 Å². The number of ether oxygens (including phenoxy) is 1. The number of hydrogen-bond acceptors (Lipinski definition) is 5. The first-order valence-corrected chi connectivity index (χ1v) is 7.35. The van der Waals surface area contributed by atoms with E-state index in [1.807, 2.05) is 0 Å². The molecule has 2 rings (SSSR count). The number of halogens is 1. The van der Waals surface area contributed by atoms with Gasteiger partial charge in [0.1, 0.15) is 0 Å². The molecular weight excluding hydrogens is 296 g/mol. The standard InChI is InChI=1S/C14H19ClN2O4/c15-14-9-12(17(19)20)2-1-11(14)10-16-5-3-13(4-6-16)21-8-7-18/h1-2,9,13,18H,3-8,10H2. The number of non-ortho nitro benzene ring substituents is 1. The van der Waals surface area contributed by atoms with E-state index in [1.165, 1.54) is 12.1 Å². The number of nitro groups is 1. The van der Waals surface area contributed by atoms with Gasteiger partial charge in [0.05, 0.1) is 29.3 Å². The van der Waals surface area contributed by atoms with Crippen LogP contribution in [0.5, 0.6) is 0 Å². The smallest absolute Gasteiger partial charge is 0.270 e. The zero-order valence-electron chi connectivity index (χ0n) is 11.7. The Kier molecular flexibility index (Phi) is 5.93. The summed E-state index contributed by atoms with van der Waals surface area (Å²) in [6, 6.07) is 4.60. The Balaban J connectivity index is 1.87. The number of piperidine rings is 1. The molecule has 0 aliphatic carbocycles. The first-order valence-electron chi connectivity index (χ1n) is 6.98. The van der Waals surface area contributed by atoms with Crippen molar-refractivity contribution in [2.24, 2.45) is 0 Å². The van der Waals surface area contributed by atoms with Crippen LogP contribution >= 0.6 is 11.6 Å². The molecule has 1 aromatic carbocycles. The van der Waals surface area contributed by atoms with Crippen molar-refractivity contribution < 1.29 is 14.8 Å². The lowest BCUT2D eigenvalue weighted by molar-refractivity contribution is -0.384. The van der Waals surface area contributed by atoms with Gasteiger partial charge in [0.15, 0.2) is 0 Å². The molecule has 0 amide bonds. The number of hydrogen-bond donors (Lipinski definition) is 1. The average Bonchev–Trinajstić information content (AvgIpc) is 2.48. The van der Waals surface area contributed by atoms with Crippen LogP contribution in [0.3, 0.4) is 0 Å². The summed E-state index contributed by atoms with van der Waals surface area (Å²) in [4.78, 5) is 12.5. The van der Waals surface area contributed by atoms with Gasteiger partial charge in [-0.2, -0.15) is 0 Å². The van der Waals surface area contributed by atoms with Gasteiger partial charge < -0.3 is 9.84 Å². The van der Waals surface area contributed by atoms with Crippen molar-refractivity contribution in [3.05, 3.63) is 38.9 Å². The minimum atomic E-state index is -0.445. The van der Waals surface area contributed by atoms with Gasteiger partial charge in [-0.05, 0) is 24.5 Å². The number of aliphatic hydroxyl groups is 1. The maximum atomic E-state index is 10.7. The Hall–Kier alpha value is -1.21. The molecular formula is C14H19ClN2O4. The first-order chi connectivity index (χ1) is 10.1. The third kappa shape index (κ3) is 4.64. The van der Waals surface area contributed by atoms with Gasteiger partial charge in [-0.15, -0.1) is 0 Å². The van der Waals surface area contributed by atoms with Crippen LogP contribution < -0.4 is 0 Å². The molecule has 1 aliphatic heterocycles. The summed E-state index contributed by atoms with van der Waals surface area (Å²) in [5.74, 6) is 0. The maximum Gasteiger partial charge on any atom is 0.270 e. The maximum absolute atomic E-state index is 10.7. The minimum Gasteiger partial charge on any atom is -0.394 e. The Morgan fingerprint density at radius 3 is 2.71 bits per heavy atom. The quantitative estimate of drug-likeness (QED) is 0.643. The van der Waals surface area contributed by atoms with E-state index in [0.29, 0.717) is 18.2 Å². The Bertz CT molecular complexity index is 490. The molecule has 0 saturated carbocycles. The molecule has 1 N–H and O–H groups in total. The Morgan fingerprint density at radius 2 is 2.14 bits per heavy atom. The molecule has 0 aromatic heterocycles. The lowest BCUT2D eigenvalue weighted by atomic mass is 10.1. The summed E-state index contributed by atoms with van der Waals surface area (Å²) in [5.41, 5.74) is 0.914. The van der Waals surface area contributed by atoms with Gasteiger partial charge in [-0.1, -0.05) is 11.6 Å². The van der Waals surface area contributed by atoms with Gasteiger partial charge in [-0.3, -0.25) is 15.0 Å². The third-order valence-corrected chi connectivity index (χ3v) is 3.97. The highest BCUT2D eigenvalue weighted by atomic mass is 35.5. The molecule has 6 nitrogen and oxygen atoms in total. The number of rotatable bonds is 6. The molecule has 1 heterocycles. The number of nitrogens with zero attached hydrogens (tertiary/aromatic N) is 2. The second-order valence-corrected chi connectivity index (χ2v) is 5.51. The summed E-state index contributed by atoms with van der Waals surface area (Å²) >= 11 is 6.11. The van der Waals surface area contributed by atoms with Crippen LogP contribution in [0.1, 0.15) is 18.4 Å². The molecule has 7 heteroatoms. The van der Waals surface area contributed by atoms with E-state index in [9.17, 15) is 10.1 Å². The van der Waals surface area contributed by atoms with Gasteiger partial charge in [0.2, 0.25) is 0 Å². The molecule has 21 heavy (non-hydrogen) atoms. The van der Waals surface area contributed by atoms with Crippen LogP contribution in [0.4, 0.5) is 5.69 Å². The summed E-state index contributed by atoms with van der Waals surface area (Å²) in [6.07, 6.45) is 2.05. The van der Waals surface area contributed by atoms with E-state index in [-0.39, 0.29) is 18.4 Å². The average molecular weight is 315 g/mol. The van der Waals surface area contributed by atoms with Gasteiger partial charge >= 0.3 is 0 Å². The highest BCUT2D eigenvalue weighted by Crippen LogP contribution is 2.25. The number of likely N-dealkylation sites (tertiary alicyclic amines) is 1. The van der Waals surface area contributed by atoms with E-state index >= 15 is 0 Å². The van der Waals surface area contributed by atoms with Crippen LogP contribution in [-0.2, 0) is 11.3 Å². The molecule has 0 bridgehead atoms. The van der Waals surface area contributed by atoms with E-state index in [4.69, 9.17) is 21.4 Å². The zero-order chi connectivity index (χ0) is 15.2. The molecule has 116 valence electrons. The molecule has 0 atom stereocenters. The van der Waals surface area contributed by atoms with Crippen LogP contribution in [0.15, 0.2) is 18.2 Å². The van der Waals surface area contributed by atoms with E-state index in [2.05, 4.69) is 4.90 Å². The number of aliphatic hydroxyl groups excluding tert-OH is 1. The first kappa shape index (κ1) is 16.2. The molecule has 1 aromatic rings. The van der Waals surface area contributed by atoms with Crippen molar-refractivity contribution in [1.29, 1.82) is 0 Å². The predicted molar refractivity (Wildman–Crippen MR) is 79.4 cm³/mol. The summed E-state index contributed by atoms with van der Waals surface area (Å²) in [6.45, 7) is 2.91. The van der Waals surface area contributed by atoms with Crippen molar-refractivity contribution in [3.63, 3.8) is 0 Å². The minimum absolute atomic E-state index is 0.0138. The highest BCUT2D eigenvalue weighted by molar-refractivity contribution is 6.31. The summed E-state index contributed by atoms with van der Waals surface area (Å²) in [5, 5.41) is 19.9. The van der Waals surface area contributed by atoms with Crippen molar-refractivity contribution in [2.45, 2.75) is 25.5 Å². The zero-order valence-corrected chi connectivity index (χ0v) is 12.5. The molecule has 1 saturated heterocycles. The summed E-state index contributed by atoms with van der Waals surface area (Å²) < 4.78 is 5.52. The topological polar surface area (TPSA) is 75.8 Å². The SMILES string of the molecule is O=[N+]([O-])c1ccc(CN2CCC(OCCO)CC2)c(Cl)c1. The molecule has 0 spiro atoms. The van der Waals surface area contributed by atoms with Crippen molar-refractivity contribution in [2.75, 3.05) is 26.3 Å². The van der Waals surface area contributed by atoms with E-state index < -0.39 is 4.92 Å². The predicted octanol–water partition coefficient (Wildman–Crippen LogP) is 2.22. The molecule has 1 fully saturated rings. The second kappa shape index (κ2) is 7.70. The second-order valence-electron chi connectivity index (χ2n) is 5.10. The van der Waals surface area contributed by atoms with Crippen LogP contribution in [-0.4, -0.2) is 47.3 Å². The third-order valence-electron chi connectivity index (χ3n) is 3.62. The van der Waals surface area contributed by atoms with Gasteiger partial charge in [-0.25, -0.2) is 0 Å². The fraction of sp³-hybridized carbons (Fsp3) is 0.571. The van der Waals surface area contributed by atoms with Crippen LogP contribution in [0.25, 0.3) is 0 Å². The Labute approximate surface area is 128 Å². The Morgan fingerprint density at radius 1 is 1.43 bits per heavy atom. The molecule has 0 radical (unpaired) electrons. The van der Waals surface area contributed by atoms with Crippen molar-refractivity contribution in [3.8, 4) is 0 Å². The normalized spacial score (nSPS) is 17.0. The van der Waals surface area contributed by atoms with Gasteiger partial charge in [0, 0.05) is 31.8 Å². The number of nitro benzene ring substituents is 1. The van der Waals surface area contributed by atoms with E-state index in [0.717, 1.165) is 31.5 Å². The monoisotopic (exact) mass is 314 g/mol. The fourth-order valence-corrected chi connectivity index (χ4v) is 2.71. The lowest BCUT2D eigenvalue weighted by Gasteiger charge is -2.31. The van der Waals surface area contributed by atoms with E-state index in [1.54, 1.807) is 6.07 Å². The van der Waals surface area contributed by atoms with Crippen molar-refractivity contribution >= 4 is 17.3 Å². The summed E-state index contributed by atoms with van der Waals surface area (Å²) in [7, 11) is 0.